The van der Waals surface area contributed by atoms with Crippen molar-refractivity contribution < 1.29 is 13.7 Å². The van der Waals surface area contributed by atoms with Crippen LogP contribution in [0.5, 0.6) is 0 Å². The topological polar surface area (TPSA) is 59.2 Å². The second kappa shape index (κ2) is 6.88. The van der Waals surface area contributed by atoms with Crippen LogP contribution < -0.4 is 0 Å². The Bertz CT molecular complexity index is 936. The van der Waals surface area contributed by atoms with Crippen LogP contribution in [0.4, 0.5) is 4.39 Å². The van der Waals surface area contributed by atoms with Crippen molar-refractivity contribution in [1.82, 2.24) is 15.0 Å². The molecule has 2 aromatic carbocycles. The Morgan fingerprint density at radius 1 is 1.23 bits per heavy atom. The van der Waals surface area contributed by atoms with Crippen molar-refractivity contribution in [3.63, 3.8) is 0 Å². The molecule has 1 aliphatic rings. The van der Waals surface area contributed by atoms with E-state index in [0.717, 1.165) is 11.1 Å². The van der Waals surface area contributed by atoms with Crippen LogP contribution in [-0.2, 0) is 11.2 Å². The quantitative estimate of drug-likeness (QED) is 0.701. The summed E-state index contributed by atoms with van der Waals surface area (Å²) in [4.78, 5) is 18.4. The number of carbonyl (C=O) groups is 1. The molecular formula is C19H15ClFN3O2. The van der Waals surface area contributed by atoms with Crippen molar-refractivity contribution in [2.24, 2.45) is 0 Å². The second-order valence-electron chi connectivity index (χ2n) is 6.27. The van der Waals surface area contributed by atoms with Gasteiger partial charge in [0.05, 0.1) is 12.3 Å². The normalized spacial score (nSPS) is 14.3. The van der Waals surface area contributed by atoms with Crippen molar-refractivity contribution in [2.75, 3.05) is 13.1 Å². The van der Waals surface area contributed by atoms with E-state index in [9.17, 15) is 9.18 Å². The Hall–Kier alpha value is -2.73. The van der Waals surface area contributed by atoms with Crippen LogP contribution >= 0.6 is 11.6 Å². The third kappa shape index (κ3) is 3.46. The summed E-state index contributed by atoms with van der Waals surface area (Å²) in [5, 5.41) is 4.60. The first-order valence-electron chi connectivity index (χ1n) is 8.20. The highest BCUT2D eigenvalue weighted by Gasteiger charge is 2.35. The van der Waals surface area contributed by atoms with E-state index in [1.165, 1.54) is 12.1 Å². The largest absolute Gasteiger partial charge is 0.341 e. The predicted octanol–water partition coefficient (Wildman–Crippen LogP) is 3.70. The van der Waals surface area contributed by atoms with E-state index in [1.54, 1.807) is 29.2 Å². The minimum Gasteiger partial charge on any atom is -0.341 e. The first-order valence-corrected chi connectivity index (χ1v) is 8.58. The van der Waals surface area contributed by atoms with Crippen molar-refractivity contribution in [1.29, 1.82) is 0 Å². The second-order valence-corrected chi connectivity index (χ2v) is 6.70. The molecule has 0 radical (unpaired) electrons. The van der Waals surface area contributed by atoms with E-state index in [1.807, 2.05) is 12.1 Å². The number of halogens is 2. The molecule has 26 heavy (non-hydrogen) atoms. The summed E-state index contributed by atoms with van der Waals surface area (Å²) >= 11 is 5.98. The van der Waals surface area contributed by atoms with Crippen LogP contribution in [0.2, 0.25) is 5.02 Å². The smallest absolute Gasteiger partial charge is 0.233 e. The highest BCUT2D eigenvalue weighted by Crippen LogP contribution is 2.28. The average molecular weight is 372 g/mol. The lowest BCUT2D eigenvalue weighted by Gasteiger charge is -2.37. The van der Waals surface area contributed by atoms with Gasteiger partial charge in [-0.25, -0.2) is 4.39 Å². The van der Waals surface area contributed by atoms with Gasteiger partial charge in [0.15, 0.2) is 0 Å². The number of benzene rings is 2. The zero-order valence-corrected chi connectivity index (χ0v) is 14.5. The molecule has 0 atom stereocenters. The van der Waals surface area contributed by atoms with Crippen LogP contribution in [0.15, 0.2) is 53.1 Å². The van der Waals surface area contributed by atoms with Gasteiger partial charge < -0.3 is 9.42 Å². The molecule has 5 nitrogen and oxygen atoms in total. The van der Waals surface area contributed by atoms with Crippen molar-refractivity contribution in [3.8, 4) is 11.4 Å². The predicted molar refractivity (Wildman–Crippen MR) is 94.2 cm³/mol. The molecule has 1 saturated heterocycles. The fraction of sp³-hybridized carbons (Fsp3) is 0.211. The number of nitrogens with zero attached hydrogens (tertiary/aromatic N) is 3. The van der Waals surface area contributed by atoms with Gasteiger partial charge in [-0.1, -0.05) is 41.0 Å². The molecule has 0 N–H and O–H groups in total. The maximum atomic E-state index is 12.9. The fourth-order valence-corrected chi connectivity index (χ4v) is 3.06. The molecule has 1 aliphatic heterocycles. The third-order valence-electron chi connectivity index (χ3n) is 4.38. The zero-order valence-electron chi connectivity index (χ0n) is 13.7. The minimum absolute atomic E-state index is 0.00226. The number of hydrogen-bond acceptors (Lipinski definition) is 4. The number of carbonyl (C=O) groups excluding carboxylic acids is 1. The number of rotatable bonds is 4. The fourth-order valence-electron chi connectivity index (χ4n) is 2.87. The molecule has 1 fully saturated rings. The molecule has 1 aromatic heterocycles. The molecule has 3 aromatic rings. The highest BCUT2D eigenvalue weighted by atomic mass is 35.5. The van der Waals surface area contributed by atoms with Gasteiger partial charge in [-0.3, -0.25) is 4.79 Å². The molecule has 132 valence electrons. The molecule has 1 amide bonds. The molecular weight excluding hydrogens is 357 g/mol. The number of amides is 1. The molecule has 2 heterocycles. The summed E-state index contributed by atoms with van der Waals surface area (Å²) in [6.07, 6.45) is 0.255. The Kier molecular flexibility index (Phi) is 4.42. The Morgan fingerprint density at radius 2 is 2.00 bits per heavy atom. The SMILES string of the molecule is O=C(Cc1ccc(F)cc1)N1CC(c2nc(-c3cccc(Cl)c3)no2)C1. The van der Waals surface area contributed by atoms with Gasteiger partial charge in [0, 0.05) is 23.7 Å². The minimum atomic E-state index is -0.308. The summed E-state index contributed by atoms with van der Waals surface area (Å²) < 4.78 is 18.3. The summed E-state index contributed by atoms with van der Waals surface area (Å²) in [5.74, 6) is 0.733. The molecule has 7 heteroatoms. The lowest BCUT2D eigenvalue weighted by molar-refractivity contribution is -0.135. The maximum Gasteiger partial charge on any atom is 0.233 e. The van der Waals surface area contributed by atoms with Gasteiger partial charge in [-0.05, 0) is 29.8 Å². The number of likely N-dealkylation sites (tertiary alicyclic amines) is 1. The van der Waals surface area contributed by atoms with Crippen LogP contribution in [0.25, 0.3) is 11.4 Å². The number of aromatic nitrogens is 2. The molecule has 0 saturated carbocycles. The first kappa shape index (κ1) is 16.7. The summed E-state index contributed by atoms with van der Waals surface area (Å²) in [7, 11) is 0. The monoisotopic (exact) mass is 371 g/mol. The van der Waals surface area contributed by atoms with Crippen molar-refractivity contribution in [3.05, 3.63) is 70.8 Å². The van der Waals surface area contributed by atoms with Gasteiger partial charge in [0.1, 0.15) is 5.82 Å². The molecule has 0 unspecified atom stereocenters. The van der Waals surface area contributed by atoms with Crippen LogP contribution in [-0.4, -0.2) is 34.0 Å². The molecule has 4 rings (SSSR count). The van der Waals surface area contributed by atoms with Crippen molar-refractivity contribution >= 4 is 17.5 Å². The summed E-state index contributed by atoms with van der Waals surface area (Å²) in [6.45, 7) is 1.08. The van der Waals surface area contributed by atoms with Gasteiger partial charge in [0.2, 0.25) is 17.6 Å². The van der Waals surface area contributed by atoms with Gasteiger partial charge >= 0.3 is 0 Å². The van der Waals surface area contributed by atoms with E-state index >= 15 is 0 Å². The lowest BCUT2D eigenvalue weighted by atomic mass is 9.98. The highest BCUT2D eigenvalue weighted by molar-refractivity contribution is 6.30. The van der Waals surface area contributed by atoms with E-state index in [2.05, 4.69) is 10.1 Å². The Morgan fingerprint density at radius 3 is 2.73 bits per heavy atom. The van der Waals surface area contributed by atoms with Crippen LogP contribution in [0.3, 0.4) is 0 Å². The zero-order chi connectivity index (χ0) is 18.1. The van der Waals surface area contributed by atoms with E-state index < -0.39 is 0 Å². The average Bonchev–Trinajstić information content (AvgIpc) is 3.05. The van der Waals surface area contributed by atoms with E-state index in [-0.39, 0.29) is 24.1 Å². The van der Waals surface area contributed by atoms with Gasteiger partial charge in [-0.15, -0.1) is 0 Å². The van der Waals surface area contributed by atoms with Gasteiger partial charge in [0.25, 0.3) is 0 Å². The Balaban J connectivity index is 1.36. The molecule has 0 spiro atoms. The van der Waals surface area contributed by atoms with E-state index in [4.69, 9.17) is 16.1 Å². The lowest BCUT2D eigenvalue weighted by Crippen LogP contribution is -2.49. The number of hydrogen-bond donors (Lipinski definition) is 0. The standard InChI is InChI=1S/C19H15ClFN3O2/c20-15-3-1-2-13(9-15)18-22-19(26-23-18)14-10-24(11-14)17(25)8-12-4-6-16(21)7-5-12/h1-7,9,14H,8,10-11H2. The van der Waals surface area contributed by atoms with Gasteiger partial charge in [-0.2, -0.15) is 4.98 Å². The Labute approximate surface area is 154 Å². The van der Waals surface area contributed by atoms with Crippen LogP contribution in [0, 0.1) is 5.82 Å². The van der Waals surface area contributed by atoms with Crippen molar-refractivity contribution in [2.45, 2.75) is 12.3 Å². The summed E-state index contributed by atoms with van der Waals surface area (Å²) in [5.41, 5.74) is 1.58. The van der Waals surface area contributed by atoms with E-state index in [0.29, 0.717) is 29.8 Å². The first-order chi connectivity index (χ1) is 12.6. The molecule has 0 bridgehead atoms. The molecule has 0 aliphatic carbocycles. The van der Waals surface area contributed by atoms with Crippen LogP contribution in [0.1, 0.15) is 17.4 Å². The summed E-state index contributed by atoms with van der Waals surface area (Å²) in [6, 6.07) is 13.2. The third-order valence-corrected chi connectivity index (χ3v) is 4.61. The maximum absolute atomic E-state index is 12.9.